The van der Waals surface area contributed by atoms with Gasteiger partial charge in [0.1, 0.15) is 0 Å². The molecule has 0 bridgehead atoms. The molecule has 0 heterocycles. The highest BCUT2D eigenvalue weighted by Crippen LogP contribution is 2.50. The Morgan fingerprint density at radius 2 is 1.94 bits per heavy atom. The van der Waals surface area contributed by atoms with Crippen molar-refractivity contribution < 1.29 is 0 Å². The maximum absolute atomic E-state index is 3.76. The van der Waals surface area contributed by atoms with E-state index in [1.807, 2.05) is 0 Å². The van der Waals surface area contributed by atoms with Crippen LogP contribution in [0, 0.1) is 11.8 Å². The molecule has 1 aromatic rings. The lowest BCUT2D eigenvalue weighted by Crippen LogP contribution is -2.33. The van der Waals surface area contributed by atoms with Crippen molar-refractivity contribution >= 4 is 0 Å². The van der Waals surface area contributed by atoms with Crippen LogP contribution in [0.25, 0.3) is 0 Å². The Morgan fingerprint density at radius 1 is 1.22 bits per heavy atom. The summed E-state index contributed by atoms with van der Waals surface area (Å²) in [7, 11) is 0. The normalized spacial score (nSPS) is 24.2. The van der Waals surface area contributed by atoms with Crippen LogP contribution < -0.4 is 5.32 Å². The van der Waals surface area contributed by atoms with Crippen LogP contribution in [0.3, 0.4) is 0 Å². The summed E-state index contributed by atoms with van der Waals surface area (Å²) < 4.78 is 0. The minimum atomic E-state index is 0.718. The van der Waals surface area contributed by atoms with E-state index in [0.717, 1.165) is 30.3 Å². The topological polar surface area (TPSA) is 12.0 Å². The number of rotatable bonds is 7. The molecule has 1 N–H and O–H groups in total. The molecule has 1 saturated carbocycles. The van der Waals surface area contributed by atoms with Crippen LogP contribution in [0.15, 0.2) is 30.3 Å². The average molecular weight is 245 g/mol. The highest BCUT2D eigenvalue weighted by atomic mass is 14.9. The van der Waals surface area contributed by atoms with Crippen LogP contribution in [0.1, 0.15) is 51.5 Å². The molecule has 0 spiro atoms. The van der Waals surface area contributed by atoms with Crippen molar-refractivity contribution in [1.82, 2.24) is 5.32 Å². The van der Waals surface area contributed by atoms with Crippen molar-refractivity contribution in [3.63, 3.8) is 0 Å². The second-order valence-corrected chi connectivity index (χ2v) is 6.11. The number of nitrogens with one attached hydrogen (secondary N) is 1. The van der Waals surface area contributed by atoms with Crippen LogP contribution in [-0.4, -0.2) is 12.6 Å². The van der Waals surface area contributed by atoms with E-state index in [2.05, 4.69) is 56.4 Å². The first-order valence-corrected chi connectivity index (χ1v) is 7.50. The van der Waals surface area contributed by atoms with Gasteiger partial charge in [-0.15, -0.1) is 0 Å². The van der Waals surface area contributed by atoms with Gasteiger partial charge in [0.15, 0.2) is 0 Å². The third kappa shape index (κ3) is 3.58. The molecule has 0 aliphatic heterocycles. The highest BCUT2D eigenvalue weighted by Gasteiger charge is 2.43. The van der Waals surface area contributed by atoms with Gasteiger partial charge in [0.05, 0.1) is 0 Å². The summed E-state index contributed by atoms with van der Waals surface area (Å²) in [5, 5.41) is 3.76. The zero-order valence-electron chi connectivity index (χ0n) is 12.0. The fraction of sp³-hybridized carbons (Fsp3) is 0.647. The molecule has 1 aliphatic rings. The third-order valence-corrected chi connectivity index (χ3v) is 3.97. The lowest BCUT2D eigenvalue weighted by atomic mass is 9.97. The first kappa shape index (κ1) is 13.6. The molecule has 100 valence electrons. The molecule has 1 aliphatic carbocycles. The molecule has 3 unspecified atom stereocenters. The summed E-state index contributed by atoms with van der Waals surface area (Å²) in [4.78, 5) is 0. The maximum atomic E-state index is 3.76. The van der Waals surface area contributed by atoms with Crippen molar-refractivity contribution in [3.8, 4) is 0 Å². The lowest BCUT2D eigenvalue weighted by Gasteiger charge is -2.21. The van der Waals surface area contributed by atoms with Gasteiger partial charge >= 0.3 is 0 Å². The average Bonchev–Trinajstić information content (AvgIpc) is 3.15. The second kappa shape index (κ2) is 6.38. The van der Waals surface area contributed by atoms with Crippen molar-refractivity contribution in [3.05, 3.63) is 35.9 Å². The summed E-state index contributed by atoms with van der Waals surface area (Å²) >= 11 is 0. The van der Waals surface area contributed by atoms with E-state index in [1.54, 1.807) is 0 Å². The monoisotopic (exact) mass is 245 g/mol. The number of hydrogen-bond donors (Lipinski definition) is 1. The Hall–Kier alpha value is -0.820. The Morgan fingerprint density at radius 3 is 2.56 bits per heavy atom. The van der Waals surface area contributed by atoms with Gasteiger partial charge in [-0.2, -0.15) is 0 Å². The van der Waals surface area contributed by atoms with Gasteiger partial charge < -0.3 is 5.32 Å². The van der Waals surface area contributed by atoms with E-state index >= 15 is 0 Å². The summed E-state index contributed by atoms with van der Waals surface area (Å²) in [6.07, 6.45) is 3.92. The first-order valence-electron chi connectivity index (χ1n) is 7.50. The molecule has 1 fully saturated rings. The minimum Gasteiger partial charge on any atom is -0.314 e. The van der Waals surface area contributed by atoms with E-state index in [4.69, 9.17) is 0 Å². The summed E-state index contributed by atoms with van der Waals surface area (Å²) in [6.45, 7) is 8.08. The zero-order valence-corrected chi connectivity index (χ0v) is 12.0. The van der Waals surface area contributed by atoms with Crippen molar-refractivity contribution in [2.75, 3.05) is 6.54 Å². The molecule has 1 nitrogen and oxygen atoms in total. The Labute approximate surface area is 112 Å². The molecule has 2 rings (SSSR count). The minimum absolute atomic E-state index is 0.718. The largest absolute Gasteiger partial charge is 0.314 e. The number of hydrogen-bond acceptors (Lipinski definition) is 1. The van der Waals surface area contributed by atoms with Crippen LogP contribution >= 0.6 is 0 Å². The second-order valence-electron chi connectivity index (χ2n) is 6.11. The summed E-state index contributed by atoms with van der Waals surface area (Å²) in [6, 6.07) is 11.7. The maximum Gasteiger partial charge on any atom is 0.0104 e. The van der Waals surface area contributed by atoms with Gasteiger partial charge in [-0.3, -0.25) is 0 Å². The van der Waals surface area contributed by atoms with Gasteiger partial charge in [0.2, 0.25) is 0 Å². The Kier molecular flexibility index (Phi) is 4.82. The van der Waals surface area contributed by atoms with Crippen LogP contribution in [0.2, 0.25) is 0 Å². The fourth-order valence-corrected chi connectivity index (χ4v) is 2.99. The Bertz CT molecular complexity index is 344. The number of benzene rings is 1. The predicted molar refractivity (Wildman–Crippen MR) is 78.8 cm³/mol. The molecule has 0 amide bonds. The molecule has 3 atom stereocenters. The Balaban J connectivity index is 1.93. The molecule has 0 saturated heterocycles. The molecule has 0 radical (unpaired) electrons. The van der Waals surface area contributed by atoms with E-state index in [-0.39, 0.29) is 0 Å². The van der Waals surface area contributed by atoms with Gasteiger partial charge in [0, 0.05) is 6.04 Å². The molecule has 1 aromatic carbocycles. The molecular formula is C17H27N. The summed E-state index contributed by atoms with van der Waals surface area (Å²) in [5.74, 6) is 2.46. The zero-order chi connectivity index (χ0) is 13.0. The highest BCUT2D eigenvalue weighted by molar-refractivity contribution is 5.26. The van der Waals surface area contributed by atoms with Crippen LogP contribution in [-0.2, 0) is 0 Å². The van der Waals surface area contributed by atoms with Gasteiger partial charge in [-0.25, -0.2) is 0 Å². The molecular weight excluding hydrogens is 218 g/mol. The van der Waals surface area contributed by atoms with Gasteiger partial charge in [0.25, 0.3) is 0 Å². The SMILES string of the molecule is CCCNC(CC(C)C)C1CC1c1ccccc1. The van der Waals surface area contributed by atoms with Crippen LogP contribution in [0.5, 0.6) is 0 Å². The quantitative estimate of drug-likeness (QED) is 0.759. The van der Waals surface area contributed by atoms with Gasteiger partial charge in [-0.1, -0.05) is 51.1 Å². The first-order chi connectivity index (χ1) is 8.72. The molecule has 1 heteroatoms. The summed E-state index contributed by atoms with van der Waals surface area (Å²) in [5.41, 5.74) is 1.54. The smallest absolute Gasteiger partial charge is 0.0104 e. The van der Waals surface area contributed by atoms with Crippen LogP contribution in [0.4, 0.5) is 0 Å². The third-order valence-electron chi connectivity index (χ3n) is 3.97. The van der Waals surface area contributed by atoms with Crippen molar-refractivity contribution in [1.29, 1.82) is 0 Å². The van der Waals surface area contributed by atoms with Crippen molar-refractivity contribution in [2.24, 2.45) is 11.8 Å². The van der Waals surface area contributed by atoms with Gasteiger partial charge in [-0.05, 0) is 49.1 Å². The molecule has 18 heavy (non-hydrogen) atoms. The standard InChI is InChI=1S/C17H27N/c1-4-10-18-17(11-13(2)3)16-12-15(16)14-8-6-5-7-9-14/h5-9,13,15-18H,4,10-12H2,1-3H3. The van der Waals surface area contributed by atoms with E-state index in [1.165, 1.54) is 24.8 Å². The fourth-order valence-electron chi connectivity index (χ4n) is 2.99. The van der Waals surface area contributed by atoms with E-state index in [0.29, 0.717) is 0 Å². The predicted octanol–water partition coefficient (Wildman–Crippen LogP) is 4.20. The van der Waals surface area contributed by atoms with E-state index in [9.17, 15) is 0 Å². The van der Waals surface area contributed by atoms with E-state index < -0.39 is 0 Å². The van der Waals surface area contributed by atoms with Crippen molar-refractivity contribution in [2.45, 2.75) is 52.0 Å². The lowest BCUT2D eigenvalue weighted by molar-refractivity contribution is 0.379. The molecule has 0 aromatic heterocycles.